The standard InChI is InChI=1S/C24H23N3O4/c1-14-11-21(28)27-24(16-12-19(29-2)23(31-4)20(13-16)30-3)25-22-17-8-6-5-7-15(17)9-10-18(22)26(14)27/h5-13,24-25H,1-4H3. The fraction of sp³-hybridized carbons (Fsp3) is 0.208. The van der Waals surface area contributed by atoms with Crippen LogP contribution >= 0.6 is 0 Å². The second-order valence-corrected chi connectivity index (χ2v) is 7.47. The molecule has 4 aromatic rings. The lowest BCUT2D eigenvalue weighted by Crippen LogP contribution is -2.36. The molecule has 0 fully saturated rings. The summed E-state index contributed by atoms with van der Waals surface area (Å²) in [4.78, 5) is 13.0. The molecule has 2 heterocycles. The number of nitrogens with one attached hydrogen (secondary N) is 1. The Labute approximate surface area is 179 Å². The van der Waals surface area contributed by atoms with Crippen LogP contribution in [0.25, 0.3) is 16.5 Å². The van der Waals surface area contributed by atoms with E-state index >= 15 is 0 Å². The molecule has 31 heavy (non-hydrogen) atoms. The van der Waals surface area contributed by atoms with Gasteiger partial charge in [0.15, 0.2) is 11.5 Å². The number of nitrogens with zero attached hydrogens (tertiary/aromatic N) is 2. The summed E-state index contributed by atoms with van der Waals surface area (Å²) >= 11 is 0. The summed E-state index contributed by atoms with van der Waals surface area (Å²) in [7, 11) is 4.73. The van der Waals surface area contributed by atoms with Crippen LogP contribution in [0, 0.1) is 6.92 Å². The molecule has 7 heteroatoms. The van der Waals surface area contributed by atoms with Crippen molar-refractivity contribution in [2.45, 2.75) is 13.1 Å². The largest absolute Gasteiger partial charge is 0.493 e. The Morgan fingerprint density at radius 3 is 2.29 bits per heavy atom. The lowest BCUT2D eigenvalue weighted by molar-refractivity contribution is 0.322. The summed E-state index contributed by atoms with van der Waals surface area (Å²) in [5, 5.41) is 5.81. The molecule has 158 valence electrons. The zero-order valence-electron chi connectivity index (χ0n) is 17.8. The molecule has 0 spiro atoms. The van der Waals surface area contributed by atoms with Gasteiger partial charge in [-0.25, -0.2) is 4.68 Å². The average Bonchev–Trinajstić information content (AvgIpc) is 3.11. The quantitative estimate of drug-likeness (QED) is 0.542. The van der Waals surface area contributed by atoms with Gasteiger partial charge in [-0.15, -0.1) is 0 Å². The molecule has 7 nitrogen and oxygen atoms in total. The fourth-order valence-corrected chi connectivity index (χ4v) is 4.39. The van der Waals surface area contributed by atoms with Crippen LogP contribution in [-0.2, 0) is 0 Å². The summed E-state index contributed by atoms with van der Waals surface area (Å²) < 4.78 is 20.2. The first-order valence-corrected chi connectivity index (χ1v) is 9.97. The molecule has 1 aliphatic rings. The Bertz CT molecular complexity index is 1340. The number of hydrogen-bond acceptors (Lipinski definition) is 5. The maximum Gasteiger partial charge on any atom is 0.269 e. The maximum absolute atomic E-state index is 13.0. The summed E-state index contributed by atoms with van der Waals surface area (Å²) in [5.41, 5.74) is 3.48. The zero-order valence-corrected chi connectivity index (χ0v) is 17.8. The van der Waals surface area contributed by atoms with E-state index in [1.807, 2.05) is 41.9 Å². The first-order valence-electron chi connectivity index (χ1n) is 9.97. The average molecular weight is 417 g/mol. The van der Waals surface area contributed by atoms with Crippen LogP contribution in [-0.4, -0.2) is 30.7 Å². The van der Waals surface area contributed by atoms with E-state index in [0.29, 0.717) is 17.2 Å². The molecule has 1 unspecified atom stereocenters. The number of fused-ring (bicyclic) bond motifs is 5. The van der Waals surface area contributed by atoms with Crippen LogP contribution in [0.5, 0.6) is 17.2 Å². The van der Waals surface area contributed by atoms with Gasteiger partial charge in [-0.2, -0.15) is 0 Å². The summed E-state index contributed by atoms with van der Waals surface area (Å²) in [6, 6.07) is 17.7. The maximum atomic E-state index is 13.0. The molecule has 0 amide bonds. The number of aryl methyl sites for hydroxylation is 1. The Balaban J connectivity index is 1.80. The third-order valence-corrected chi connectivity index (χ3v) is 5.77. The number of anilines is 1. The second kappa shape index (κ2) is 7.12. The molecule has 0 saturated carbocycles. The number of rotatable bonds is 4. The molecule has 1 aliphatic heterocycles. The van der Waals surface area contributed by atoms with Crippen molar-refractivity contribution in [1.29, 1.82) is 0 Å². The van der Waals surface area contributed by atoms with E-state index in [1.165, 1.54) is 0 Å². The molecular formula is C24H23N3O4. The highest BCUT2D eigenvalue weighted by Gasteiger charge is 2.30. The molecule has 0 bridgehead atoms. The van der Waals surface area contributed by atoms with Crippen LogP contribution in [0.3, 0.4) is 0 Å². The van der Waals surface area contributed by atoms with Gasteiger partial charge < -0.3 is 19.5 Å². The normalized spacial score (nSPS) is 14.5. The van der Waals surface area contributed by atoms with E-state index < -0.39 is 6.17 Å². The molecule has 0 aliphatic carbocycles. The van der Waals surface area contributed by atoms with Crippen molar-refractivity contribution in [2.75, 3.05) is 26.6 Å². The molecular weight excluding hydrogens is 394 g/mol. The van der Waals surface area contributed by atoms with E-state index in [9.17, 15) is 4.79 Å². The molecule has 3 aromatic carbocycles. The van der Waals surface area contributed by atoms with Gasteiger partial charge in [0, 0.05) is 22.7 Å². The predicted octanol–water partition coefficient (Wildman–Crippen LogP) is 4.10. The van der Waals surface area contributed by atoms with Crippen molar-refractivity contribution < 1.29 is 14.2 Å². The smallest absolute Gasteiger partial charge is 0.269 e. The van der Waals surface area contributed by atoms with Crippen LogP contribution < -0.4 is 25.1 Å². The second-order valence-electron chi connectivity index (χ2n) is 7.47. The Kier molecular flexibility index (Phi) is 4.39. The van der Waals surface area contributed by atoms with Crippen LogP contribution in [0.1, 0.15) is 17.4 Å². The minimum absolute atomic E-state index is 0.0949. The number of ether oxygens (including phenoxy) is 3. The SMILES string of the molecule is COc1cc(C2Nc3c(ccc4ccccc34)-n3c(C)cc(=O)n32)cc(OC)c1OC. The lowest BCUT2D eigenvalue weighted by Gasteiger charge is -2.33. The van der Waals surface area contributed by atoms with Crippen LogP contribution in [0.4, 0.5) is 5.69 Å². The Hall–Kier alpha value is -3.87. The van der Waals surface area contributed by atoms with Crippen LogP contribution in [0.15, 0.2) is 59.4 Å². The van der Waals surface area contributed by atoms with E-state index in [0.717, 1.165) is 33.4 Å². The number of methoxy groups -OCH3 is 3. The minimum Gasteiger partial charge on any atom is -0.493 e. The first-order chi connectivity index (χ1) is 15.1. The third-order valence-electron chi connectivity index (χ3n) is 5.77. The molecule has 0 radical (unpaired) electrons. The fourth-order valence-electron chi connectivity index (χ4n) is 4.39. The summed E-state index contributed by atoms with van der Waals surface area (Å²) in [6.07, 6.45) is -0.465. The Morgan fingerprint density at radius 1 is 0.903 bits per heavy atom. The molecule has 5 rings (SSSR count). The zero-order chi connectivity index (χ0) is 21.7. The van der Waals surface area contributed by atoms with Crippen molar-refractivity contribution >= 4 is 16.5 Å². The van der Waals surface area contributed by atoms with E-state index in [2.05, 4.69) is 23.5 Å². The van der Waals surface area contributed by atoms with Gasteiger partial charge in [0.1, 0.15) is 6.17 Å². The summed E-state index contributed by atoms with van der Waals surface area (Å²) in [6.45, 7) is 1.94. The van der Waals surface area contributed by atoms with Gasteiger partial charge in [0.2, 0.25) is 5.75 Å². The van der Waals surface area contributed by atoms with E-state index in [4.69, 9.17) is 14.2 Å². The van der Waals surface area contributed by atoms with Gasteiger partial charge in [-0.1, -0.05) is 30.3 Å². The third kappa shape index (κ3) is 2.77. The highest BCUT2D eigenvalue weighted by Crippen LogP contribution is 2.43. The predicted molar refractivity (Wildman–Crippen MR) is 120 cm³/mol. The summed E-state index contributed by atoms with van der Waals surface area (Å²) in [5.74, 6) is 1.57. The van der Waals surface area contributed by atoms with Crippen molar-refractivity contribution in [3.63, 3.8) is 0 Å². The van der Waals surface area contributed by atoms with E-state index in [1.54, 1.807) is 32.1 Å². The van der Waals surface area contributed by atoms with Crippen molar-refractivity contribution in [3.05, 3.63) is 76.2 Å². The number of hydrogen-bond donors (Lipinski definition) is 1. The highest BCUT2D eigenvalue weighted by molar-refractivity contribution is 5.98. The van der Waals surface area contributed by atoms with Gasteiger partial charge in [-0.05, 0) is 30.5 Å². The lowest BCUT2D eigenvalue weighted by atomic mass is 10.0. The first kappa shape index (κ1) is 19.1. The Morgan fingerprint density at radius 2 is 1.61 bits per heavy atom. The van der Waals surface area contributed by atoms with Crippen LogP contribution in [0.2, 0.25) is 0 Å². The van der Waals surface area contributed by atoms with Gasteiger partial charge in [0.25, 0.3) is 5.56 Å². The van der Waals surface area contributed by atoms with Gasteiger partial charge in [0.05, 0.1) is 32.7 Å². The van der Waals surface area contributed by atoms with Gasteiger partial charge >= 0.3 is 0 Å². The number of benzene rings is 3. The molecule has 1 aromatic heterocycles. The monoisotopic (exact) mass is 417 g/mol. The van der Waals surface area contributed by atoms with Crippen molar-refractivity contribution in [3.8, 4) is 22.9 Å². The van der Waals surface area contributed by atoms with Gasteiger partial charge in [-0.3, -0.25) is 9.48 Å². The van der Waals surface area contributed by atoms with Crippen molar-refractivity contribution in [1.82, 2.24) is 9.36 Å². The molecule has 0 saturated heterocycles. The minimum atomic E-state index is -0.465. The number of aromatic nitrogens is 2. The molecule has 1 atom stereocenters. The van der Waals surface area contributed by atoms with E-state index in [-0.39, 0.29) is 5.56 Å². The van der Waals surface area contributed by atoms with Crippen molar-refractivity contribution in [2.24, 2.45) is 0 Å². The molecule has 1 N–H and O–H groups in total. The topological polar surface area (TPSA) is 66.7 Å². The highest BCUT2D eigenvalue weighted by atomic mass is 16.5.